The molecule has 1 aliphatic rings. The first-order valence-electron chi connectivity index (χ1n) is 9.90. The molecular formula is C21H33FN6O2. The van der Waals surface area contributed by atoms with Crippen LogP contribution in [0.4, 0.5) is 15.8 Å². The van der Waals surface area contributed by atoms with Crippen LogP contribution in [0.15, 0.2) is 30.3 Å². The smallest absolute Gasteiger partial charge is 0.148 e. The van der Waals surface area contributed by atoms with Crippen LogP contribution >= 0.6 is 0 Å². The molecule has 1 aliphatic heterocycles. The van der Waals surface area contributed by atoms with Crippen molar-refractivity contribution in [3.63, 3.8) is 0 Å². The number of phenolic OH excluding ortho intramolecular Hbond substituents is 2. The minimum atomic E-state index is -0.744. The van der Waals surface area contributed by atoms with Gasteiger partial charge in [0, 0.05) is 43.5 Å². The number of likely N-dealkylation sites (N-methyl/N-ethyl adjacent to an activating group) is 1. The summed E-state index contributed by atoms with van der Waals surface area (Å²) in [5.74, 6) is 7.70. The predicted octanol–water partition coefficient (Wildman–Crippen LogP) is 2.00. The molecule has 1 heterocycles. The maximum absolute atomic E-state index is 14.7. The van der Waals surface area contributed by atoms with E-state index in [0.29, 0.717) is 22.5 Å². The Hall–Kier alpha value is -2.59. The quantitative estimate of drug-likeness (QED) is 0.245. The molecule has 0 spiro atoms. The Morgan fingerprint density at radius 1 is 0.967 bits per heavy atom. The molecular weight excluding hydrogens is 387 g/mol. The topological polar surface area (TPSA) is 137 Å². The van der Waals surface area contributed by atoms with Crippen molar-refractivity contribution in [1.82, 2.24) is 4.90 Å². The van der Waals surface area contributed by atoms with Crippen molar-refractivity contribution >= 4 is 11.4 Å². The number of halogens is 1. The van der Waals surface area contributed by atoms with Gasteiger partial charge in [0.25, 0.3) is 0 Å². The van der Waals surface area contributed by atoms with Gasteiger partial charge in [-0.25, -0.2) is 4.39 Å². The molecule has 1 unspecified atom stereocenters. The fourth-order valence-electron chi connectivity index (χ4n) is 3.48. The van der Waals surface area contributed by atoms with Crippen LogP contribution in [-0.2, 0) is 0 Å². The van der Waals surface area contributed by atoms with E-state index in [0.717, 1.165) is 26.2 Å². The summed E-state index contributed by atoms with van der Waals surface area (Å²) in [7, 11) is 2.06. The Labute approximate surface area is 177 Å². The zero-order valence-corrected chi connectivity index (χ0v) is 17.8. The van der Waals surface area contributed by atoms with Crippen LogP contribution in [-0.4, -0.2) is 48.3 Å². The minimum absolute atomic E-state index is 0.0334. The van der Waals surface area contributed by atoms with Crippen molar-refractivity contribution in [3.05, 3.63) is 47.3 Å². The maximum atomic E-state index is 14.7. The first-order valence-corrected chi connectivity index (χ1v) is 9.90. The van der Waals surface area contributed by atoms with E-state index >= 15 is 0 Å². The van der Waals surface area contributed by atoms with Gasteiger partial charge in [-0.15, -0.1) is 0 Å². The highest BCUT2D eigenvalue weighted by molar-refractivity contribution is 5.58. The summed E-state index contributed by atoms with van der Waals surface area (Å²) in [4.78, 5) is 4.26. The van der Waals surface area contributed by atoms with E-state index < -0.39 is 6.17 Å². The predicted molar refractivity (Wildman–Crippen MR) is 119 cm³/mol. The molecule has 1 atom stereocenters. The SMILES string of the molecule is CC(C)c1cc(C(N)Nc2ccc(N3CCN(C)CC3)c(F)c2)c(O)cc1O.NN. The molecule has 166 valence electrons. The molecule has 0 amide bonds. The van der Waals surface area contributed by atoms with Gasteiger partial charge in [-0.3, -0.25) is 11.7 Å². The van der Waals surface area contributed by atoms with Crippen LogP contribution in [0.5, 0.6) is 11.5 Å². The average Bonchev–Trinajstić information content (AvgIpc) is 2.70. The number of hydrogen-bond acceptors (Lipinski definition) is 8. The summed E-state index contributed by atoms with van der Waals surface area (Å²) in [5.41, 5.74) is 8.46. The number of hydrazine groups is 1. The number of piperazine rings is 1. The lowest BCUT2D eigenvalue weighted by molar-refractivity contribution is 0.311. The lowest BCUT2D eigenvalue weighted by atomic mass is 9.98. The van der Waals surface area contributed by atoms with Crippen molar-refractivity contribution in [2.75, 3.05) is 43.4 Å². The van der Waals surface area contributed by atoms with E-state index in [1.54, 1.807) is 18.2 Å². The monoisotopic (exact) mass is 420 g/mol. The van der Waals surface area contributed by atoms with Gasteiger partial charge in [-0.05, 0) is 42.8 Å². The van der Waals surface area contributed by atoms with E-state index in [1.165, 1.54) is 12.1 Å². The second-order valence-electron chi connectivity index (χ2n) is 7.70. The Bertz CT molecular complexity index is 840. The molecule has 0 aliphatic carbocycles. The molecule has 9 N–H and O–H groups in total. The highest BCUT2D eigenvalue weighted by Gasteiger charge is 2.19. The number of phenols is 2. The summed E-state index contributed by atoms with van der Waals surface area (Å²) in [5, 5.41) is 23.2. The van der Waals surface area contributed by atoms with Crippen LogP contribution < -0.4 is 27.6 Å². The van der Waals surface area contributed by atoms with E-state index in [1.807, 2.05) is 18.7 Å². The van der Waals surface area contributed by atoms with E-state index in [9.17, 15) is 14.6 Å². The molecule has 3 rings (SSSR count). The van der Waals surface area contributed by atoms with Gasteiger partial charge in [0.2, 0.25) is 0 Å². The number of nitrogens with zero attached hydrogens (tertiary/aromatic N) is 2. The van der Waals surface area contributed by atoms with Crippen LogP contribution in [0.25, 0.3) is 0 Å². The minimum Gasteiger partial charge on any atom is -0.508 e. The first kappa shape index (κ1) is 23.7. The third kappa shape index (κ3) is 5.51. The van der Waals surface area contributed by atoms with Crippen molar-refractivity contribution < 1.29 is 14.6 Å². The lowest BCUT2D eigenvalue weighted by Gasteiger charge is -2.34. The summed E-state index contributed by atoms with van der Waals surface area (Å²) in [6.07, 6.45) is -0.744. The maximum Gasteiger partial charge on any atom is 0.148 e. The number of benzene rings is 2. The molecule has 0 radical (unpaired) electrons. The molecule has 1 fully saturated rings. The number of rotatable bonds is 5. The average molecular weight is 421 g/mol. The number of hydrogen-bond donors (Lipinski definition) is 6. The largest absolute Gasteiger partial charge is 0.508 e. The zero-order valence-electron chi connectivity index (χ0n) is 17.8. The third-order valence-electron chi connectivity index (χ3n) is 5.25. The molecule has 2 aromatic rings. The van der Waals surface area contributed by atoms with E-state index in [4.69, 9.17) is 5.73 Å². The fraction of sp³-hybridized carbons (Fsp3) is 0.429. The molecule has 0 aromatic heterocycles. The van der Waals surface area contributed by atoms with Crippen LogP contribution in [0.1, 0.15) is 37.1 Å². The molecule has 30 heavy (non-hydrogen) atoms. The van der Waals surface area contributed by atoms with Gasteiger partial charge in [0.05, 0.1) is 5.69 Å². The van der Waals surface area contributed by atoms with Crippen LogP contribution in [0.3, 0.4) is 0 Å². The fourth-order valence-corrected chi connectivity index (χ4v) is 3.48. The standard InChI is InChI=1S/C21H29FN4O2.H4N2/c1-13(2)15-11-16(20(28)12-19(15)27)21(23)24-14-4-5-18(17(22)10-14)26-8-6-25(3)7-9-26;1-2/h4-5,10-13,21,24,27-28H,6-9,23H2,1-3H3;1-2H2. The molecule has 8 nitrogen and oxygen atoms in total. The molecule has 0 bridgehead atoms. The first-order chi connectivity index (χ1) is 14.3. The third-order valence-corrected chi connectivity index (χ3v) is 5.25. The highest BCUT2D eigenvalue weighted by atomic mass is 19.1. The summed E-state index contributed by atoms with van der Waals surface area (Å²) >= 11 is 0. The highest BCUT2D eigenvalue weighted by Crippen LogP contribution is 2.35. The van der Waals surface area contributed by atoms with Gasteiger partial charge in [0.15, 0.2) is 0 Å². The Kier molecular flexibility index (Phi) is 8.24. The van der Waals surface area contributed by atoms with Crippen LogP contribution in [0, 0.1) is 5.82 Å². The Morgan fingerprint density at radius 3 is 2.13 bits per heavy atom. The van der Waals surface area contributed by atoms with Crippen molar-refractivity contribution in [2.45, 2.75) is 25.9 Å². The van der Waals surface area contributed by atoms with Crippen LogP contribution in [0.2, 0.25) is 0 Å². The van der Waals surface area contributed by atoms with Gasteiger partial charge in [-0.1, -0.05) is 13.8 Å². The molecule has 1 saturated heterocycles. The van der Waals surface area contributed by atoms with E-state index in [2.05, 4.69) is 28.9 Å². The number of anilines is 2. The Morgan fingerprint density at radius 2 is 1.57 bits per heavy atom. The van der Waals surface area contributed by atoms with Gasteiger partial charge < -0.3 is 31.1 Å². The molecule has 2 aromatic carbocycles. The Balaban J connectivity index is 0.00000155. The van der Waals surface area contributed by atoms with Crippen molar-refractivity contribution in [3.8, 4) is 11.5 Å². The second kappa shape index (κ2) is 10.4. The van der Waals surface area contributed by atoms with E-state index in [-0.39, 0.29) is 23.2 Å². The second-order valence-corrected chi connectivity index (χ2v) is 7.70. The lowest BCUT2D eigenvalue weighted by Crippen LogP contribution is -2.44. The van der Waals surface area contributed by atoms with Gasteiger partial charge in [0.1, 0.15) is 23.5 Å². The zero-order chi connectivity index (χ0) is 22.4. The summed E-state index contributed by atoms with van der Waals surface area (Å²) < 4.78 is 14.7. The number of nitrogens with one attached hydrogen (secondary N) is 1. The normalized spacial score (nSPS) is 15.5. The molecule has 0 saturated carbocycles. The molecule has 9 heteroatoms. The summed E-state index contributed by atoms with van der Waals surface area (Å²) in [6, 6.07) is 7.95. The number of aromatic hydroxyl groups is 2. The number of nitrogens with two attached hydrogens (primary N) is 3. The van der Waals surface area contributed by atoms with Crippen molar-refractivity contribution in [2.24, 2.45) is 17.4 Å². The summed E-state index contributed by atoms with van der Waals surface area (Å²) in [6.45, 7) is 7.28. The van der Waals surface area contributed by atoms with Crippen molar-refractivity contribution in [1.29, 1.82) is 0 Å². The van der Waals surface area contributed by atoms with Gasteiger partial charge in [-0.2, -0.15) is 0 Å². The van der Waals surface area contributed by atoms with Gasteiger partial charge >= 0.3 is 0 Å².